The molecular formula is C15H29NO2. The molecule has 0 saturated heterocycles. The molecule has 1 fully saturated rings. The van der Waals surface area contributed by atoms with Gasteiger partial charge in [-0.15, -0.1) is 0 Å². The minimum Gasteiger partial charge on any atom is -0.480 e. The molecule has 3 atom stereocenters. The van der Waals surface area contributed by atoms with Crippen LogP contribution in [-0.4, -0.2) is 23.2 Å². The highest BCUT2D eigenvalue weighted by Crippen LogP contribution is 2.30. The maximum atomic E-state index is 11.3. The number of hydrogen-bond acceptors (Lipinski definition) is 2. The van der Waals surface area contributed by atoms with Crippen molar-refractivity contribution in [3.05, 3.63) is 0 Å². The molecule has 0 aromatic heterocycles. The number of carbonyl (C=O) groups is 1. The van der Waals surface area contributed by atoms with Gasteiger partial charge in [0.15, 0.2) is 0 Å². The first kappa shape index (κ1) is 15.5. The smallest absolute Gasteiger partial charge is 0.320 e. The fourth-order valence-electron chi connectivity index (χ4n) is 3.13. The zero-order chi connectivity index (χ0) is 13.7. The average molecular weight is 255 g/mol. The number of aliphatic carboxylic acids is 1. The van der Waals surface area contributed by atoms with E-state index in [-0.39, 0.29) is 6.04 Å². The van der Waals surface area contributed by atoms with E-state index in [2.05, 4.69) is 33.0 Å². The molecule has 1 rings (SSSR count). The Kier molecular flexibility index (Phi) is 6.13. The van der Waals surface area contributed by atoms with E-state index in [0.717, 1.165) is 12.8 Å². The summed E-state index contributed by atoms with van der Waals surface area (Å²) in [7, 11) is 0. The van der Waals surface area contributed by atoms with Crippen molar-refractivity contribution in [1.29, 1.82) is 0 Å². The van der Waals surface area contributed by atoms with Gasteiger partial charge in [0.05, 0.1) is 0 Å². The number of rotatable bonds is 6. The Bertz CT molecular complexity index is 263. The van der Waals surface area contributed by atoms with E-state index in [1.54, 1.807) is 0 Å². The van der Waals surface area contributed by atoms with Crippen LogP contribution in [0, 0.1) is 17.8 Å². The largest absolute Gasteiger partial charge is 0.480 e. The Hall–Kier alpha value is -0.570. The summed E-state index contributed by atoms with van der Waals surface area (Å²) in [6.07, 6.45) is 5.61. The maximum Gasteiger partial charge on any atom is 0.320 e. The number of nitrogens with one attached hydrogen (secondary N) is 1. The lowest BCUT2D eigenvalue weighted by atomic mass is 9.77. The Labute approximate surface area is 111 Å². The molecule has 0 spiro atoms. The highest BCUT2D eigenvalue weighted by Gasteiger charge is 2.31. The summed E-state index contributed by atoms with van der Waals surface area (Å²) < 4.78 is 0. The van der Waals surface area contributed by atoms with Crippen molar-refractivity contribution in [3.8, 4) is 0 Å². The van der Waals surface area contributed by atoms with E-state index in [1.165, 1.54) is 19.3 Å². The summed E-state index contributed by atoms with van der Waals surface area (Å²) in [6.45, 7) is 8.67. The molecule has 0 aliphatic heterocycles. The molecule has 0 aromatic rings. The van der Waals surface area contributed by atoms with Gasteiger partial charge in [-0.05, 0) is 37.0 Å². The third kappa shape index (κ3) is 4.60. The molecule has 3 nitrogen and oxygen atoms in total. The van der Waals surface area contributed by atoms with Crippen LogP contribution < -0.4 is 5.32 Å². The molecule has 18 heavy (non-hydrogen) atoms. The second-order valence-electron chi connectivity index (χ2n) is 6.49. The SMILES string of the molecule is CC(C)CC(NC1CCCCC1C(C)C)C(=O)O. The highest BCUT2D eigenvalue weighted by atomic mass is 16.4. The van der Waals surface area contributed by atoms with Crippen LogP contribution in [0.3, 0.4) is 0 Å². The van der Waals surface area contributed by atoms with E-state index >= 15 is 0 Å². The first-order valence-corrected chi connectivity index (χ1v) is 7.40. The Balaban J connectivity index is 2.62. The van der Waals surface area contributed by atoms with Crippen LogP contribution in [0.5, 0.6) is 0 Å². The van der Waals surface area contributed by atoms with Crippen LogP contribution in [0.15, 0.2) is 0 Å². The molecule has 3 heteroatoms. The van der Waals surface area contributed by atoms with Gasteiger partial charge in [0.1, 0.15) is 6.04 Å². The molecule has 1 aliphatic carbocycles. The average Bonchev–Trinajstić information content (AvgIpc) is 2.27. The lowest BCUT2D eigenvalue weighted by molar-refractivity contribution is -0.140. The minimum atomic E-state index is -0.697. The predicted octanol–water partition coefficient (Wildman–Crippen LogP) is 3.29. The van der Waals surface area contributed by atoms with E-state index < -0.39 is 5.97 Å². The molecular weight excluding hydrogens is 226 g/mol. The van der Waals surface area contributed by atoms with Crippen molar-refractivity contribution in [3.63, 3.8) is 0 Å². The lowest BCUT2D eigenvalue weighted by Crippen LogP contribution is -2.49. The molecule has 0 radical (unpaired) electrons. The summed E-state index contributed by atoms with van der Waals surface area (Å²) in [5.74, 6) is 0.987. The first-order chi connectivity index (χ1) is 8.41. The summed E-state index contributed by atoms with van der Waals surface area (Å²) in [4.78, 5) is 11.3. The topological polar surface area (TPSA) is 49.3 Å². The van der Waals surface area contributed by atoms with Crippen molar-refractivity contribution in [2.24, 2.45) is 17.8 Å². The molecule has 106 valence electrons. The Morgan fingerprint density at radius 3 is 2.33 bits per heavy atom. The predicted molar refractivity (Wildman–Crippen MR) is 74.6 cm³/mol. The van der Waals surface area contributed by atoms with E-state index in [0.29, 0.717) is 23.8 Å². The van der Waals surface area contributed by atoms with Crippen LogP contribution in [0.1, 0.15) is 59.8 Å². The molecule has 1 saturated carbocycles. The van der Waals surface area contributed by atoms with Crippen LogP contribution in [0.25, 0.3) is 0 Å². The Morgan fingerprint density at radius 2 is 1.83 bits per heavy atom. The fourth-order valence-corrected chi connectivity index (χ4v) is 3.13. The van der Waals surface area contributed by atoms with Crippen molar-refractivity contribution >= 4 is 5.97 Å². The molecule has 0 amide bonds. The van der Waals surface area contributed by atoms with E-state index in [1.807, 2.05) is 0 Å². The highest BCUT2D eigenvalue weighted by molar-refractivity contribution is 5.73. The van der Waals surface area contributed by atoms with Crippen molar-refractivity contribution in [2.45, 2.75) is 71.9 Å². The van der Waals surface area contributed by atoms with Crippen LogP contribution in [-0.2, 0) is 4.79 Å². The maximum absolute atomic E-state index is 11.3. The number of hydrogen-bond donors (Lipinski definition) is 2. The molecule has 0 heterocycles. The van der Waals surface area contributed by atoms with Crippen LogP contribution >= 0.6 is 0 Å². The van der Waals surface area contributed by atoms with Gasteiger partial charge >= 0.3 is 5.97 Å². The molecule has 2 N–H and O–H groups in total. The summed E-state index contributed by atoms with van der Waals surface area (Å²) in [6, 6.07) is 0.00736. The zero-order valence-corrected chi connectivity index (χ0v) is 12.3. The standard InChI is InChI=1S/C15H29NO2/c1-10(2)9-14(15(17)18)16-13-8-6-5-7-12(13)11(3)4/h10-14,16H,5-9H2,1-4H3,(H,17,18). The van der Waals surface area contributed by atoms with Gasteiger partial charge in [0.2, 0.25) is 0 Å². The molecule has 0 aromatic carbocycles. The lowest BCUT2D eigenvalue weighted by Gasteiger charge is -2.37. The number of carboxylic acid groups (broad SMARTS) is 1. The van der Waals surface area contributed by atoms with Gasteiger partial charge in [-0.25, -0.2) is 0 Å². The monoisotopic (exact) mass is 255 g/mol. The normalized spacial score (nSPS) is 26.6. The van der Waals surface area contributed by atoms with Crippen LogP contribution in [0.2, 0.25) is 0 Å². The third-order valence-corrected chi connectivity index (χ3v) is 4.10. The van der Waals surface area contributed by atoms with Gasteiger partial charge in [0, 0.05) is 6.04 Å². The van der Waals surface area contributed by atoms with Crippen LogP contribution in [0.4, 0.5) is 0 Å². The van der Waals surface area contributed by atoms with Crippen molar-refractivity contribution < 1.29 is 9.90 Å². The minimum absolute atomic E-state index is 0.380. The quantitative estimate of drug-likeness (QED) is 0.765. The second kappa shape index (κ2) is 7.13. The number of carboxylic acids is 1. The second-order valence-corrected chi connectivity index (χ2v) is 6.49. The van der Waals surface area contributed by atoms with Crippen molar-refractivity contribution in [2.75, 3.05) is 0 Å². The van der Waals surface area contributed by atoms with E-state index in [9.17, 15) is 9.90 Å². The van der Waals surface area contributed by atoms with E-state index in [4.69, 9.17) is 0 Å². The summed E-state index contributed by atoms with van der Waals surface area (Å²) in [5.41, 5.74) is 0. The summed E-state index contributed by atoms with van der Waals surface area (Å²) >= 11 is 0. The fraction of sp³-hybridized carbons (Fsp3) is 0.933. The van der Waals surface area contributed by atoms with Gasteiger partial charge in [-0.1, -0.05) is 40.5 Å². The zero-order valence-electron chi connectivity index (χ0n) is 12.3. The third-order valence-electron chi connectivity index (χ3n) is 4.10. The van der Waals surface area contributed by atoms with Crippen molar-refractivity contribution in [1.82, 2.24) is 5.32 Å². The van der Waals surface area contributed by atoms with Gasteiger partial charge in [0.25, 0.3) is 0 Å². The van der Waals surface area contributed by atoms with Gasteiger partial charge < -0.3 is 10.4 Å². The molecule has 3 unspecified atom stereocenters. The van der Waals surface area contributed by atoms with Gasteiger partial charge in [-0.2, -0.15) is 0 Å². The first-order valence-electron chi connectivity index (χ1n) is 7.40. The molecule has 1 aliphatic rings. The molecule has 0 bridgehead atoms. The Morgan fingerprint density at radius 1 is 1.22 bits per heavy atom. The summed E-state index contributed by atoms with van der Waals surface area (Å²) in [5, 5.41) is 12.7. The van der Waals surface area contributed by atoms with Gasteiger partial charge in [-0.3, -0.25) is 4.79 Å².